The molecule has 2 nitrogen and oxygen atoms in total. The Bertz CT molecular complexity index is 310. The van der Waals surface area contributed by atoms with Crippen molar-refractivity contribution in [2.45, 2.75) is 6.42 Å². The number of anilines is 1. The van der Waals surface area contributed by atoms with Crippen LogP contribution in [-0.4, -0.2) is 10.9 Å². The number of halogens is 2. The van der Waals surface area contributed by atoms with Crippen molar-refractivity contribution in [1.29, 1.82) is 0 Å². The Morgan fingerprint density at radius 2 is 2.23 bits per heavy atom. The summed E-state index contributed by atoms with van der Waals surface area (Å²) in [4.78, 5) is 4.06. The maximum atomic E-state index is 5.73. The highest BCUT2D eigenvalue weighted by Crippen LogP contribution is 2.15. The van der Waals surface area contributed by atoms with E-state index >= 15 is 0 Å². The lowest BCUT2D eigenvalue weighted by molar-refractivity contribution is 1.23. The number of rotatable bonds is 3. The van der Waals surface area contributed by atoms with Gasteiger partial charge in [0.15, 0.2) is 5.15 Å². The zero-order chi connectivity index (χ0) is 9.68. The molecule has 0 atom stereocenters. The summed E-state index contributed by atoms with van der Waals surface area (Å²) in [6.45, 7) is 0. The summed E-state index contributed by atoms with van der Waals surface area (Å²) >= 11 is 11.2. The molecule has 0 aromatic carbocycles. The number of alkyl halides is 1. The van der Waals surface area contributed by atoms with Crippen LogP contribution >= 0.6 is 23.2 Å². The number of pyridine rings is 1. The first-order valence-corrected chi connectivity index (χ1v) is 4.80. The van der Waals surface area contributed by atoms with Gasteiger partial charge < -0.3 is 5.73 Å². The molecule has 0 aliphatic heterocycles. The molecule has 0 fully saturated rings. The van der Waals surface area contributed by atoms with Crippen molar-refractivity contribution < 1.29 is 0 Å². The van der Waals surface area contributed by atoms with Crippen LogP contribution in [0.1, 0.15) is 12.1 Å². The molecule has 0 aliphatic rings. The molecule has 1 aromatic rings. The van der Waals surface area contributed by atoms with Crippen LogP contribution in [0.4, 0.5) is 5.69 Å². The lowest BCUT2D eigenvalue weighted by Crippen LogP contribution is -1.90. The van der Waals surface area contributed by atoms with Crippen LogP contribution in [0.15, 0.2) is 18.2 Å². The minimum atomic E-state index is 0.341. The maximum absolute atomic E-state index is 5.73. The van der Waals surface area contributed by atoms with Gasteiger partial charge in [0.2, 0.25) is 0 Å². The molecule has 70 valence electrons. The molecule has 0 amide bonds. The molecule has 0 aliphatic carbocycles. The zero-order valence-corrected chi connectivity index (χ0v) is 8.52. The summed E-state index contributed by atoms with van der Waals surface area (Å²) in [5.74, 6) is 0.610. The SMILES string of the molecule is Nc1ccc(C=CCCCl)nc1Cl. The third kappa shape index (κ3) is 3.25. The largest absolute Gasteiger partial charge is 0.396 e. The van der Waals surface area contributed by atoms with E-state index in [0.29, 0.717) is 16.7 Å². The molecule has 0 saturated carbocycles. The van der Waals surface area contributed by atoms with Gasteiger partial charge >= 0.3 is 0 Å². The highest BCUT2D eigenvalue weighted by atomic mass is 35.5. The third-order valence-electron chi connectivity index (χ3n) is 1.46. The van der Waals surface area contributed by atoms with E-state index in [1.54, 1.807) is 6.07 Å². The fourth-order valence-corrected chi connectivity index (χ4v) is 1.11. The van der Waals surface area contributed by atoms with E-state index < -0.39 is 0 Å². The quantitative estimate of drug-likeness (QED) is 0.624. The number of nitrogen functional groups attached to an aromatic ring is 1. The maximum Gasteiger partial charge on any atom is 0.152 e. The summed E-state index contributed by atoms with van der Waals surface area (Å²) in [6, 6.07) is 3.54. The van der Waals surface area contributed by atoms with Crippen molar-refractivity contribution in [1.82, 2.24) is 4.98 Å². The predicted molar refractivity (Wildman–Crippen MR) is 58.0 cm³/mol. The standard InChI is InChI=1S/C9H10Cl2N2/c10-6-2-1-3-7-4-5-8(12)9(11)13-7/h1,3-5H,2,6,12H2. The van der Waals surface area contributed by atoms with Gasteiger partial charge in [-0.2, -0.15) is 0 Å². The predicted octanol–water partition coefficient (Wildman–Crippen LogP) is 2.96. The van der Waals surface area contributed by atoms with Gasteiger partial charge in [-0.3, -0.25) is 0 Å². The minimum Gasteiger partial charge on any atom is -0.396 e. The molecule has 0 saturated heterocycles. The van der Waals surface area contributed by atoms with Crippen molar-refractivity contribution in [3.63, 3.8) is 0 Å². The first kappa shape index (κ1) is 10.4. The van der Waals surface area contributed by atoms with Crippen LogP contribution in [0.25, 0.3) is 6.08 Å². The van der Waals surface area contributed by atoms with Crippen molar-refractivity contribution in [3.8, 4) is 0 Å². The second kappa shape index (κ2) is 5.10. The Balaban J connectivity index is 2.73. The van der Waals surface area contributed by atoms with Gasteiger partial charge in [-0.15, -0.1) is 11.6 Å². The van der Waals surface area contributed by atoms with E-state index in [4.69, 9.17) is 28.9 Å². The summed E-state index contributed by atoms with van der Waals surface area (Å²) in [7, 11) is 0. The molecule has 4 heteroatoms. The van der Waals surface area contributed by atoms with Crippen LogP contribution in [0.2, 0.25) is 5.15 Å². The normalized spacial score (nSPS) is 10.9. The Morgan fingerprint density at radius 1 is 1.46 bits per heavy atom. The highest BCUT2D eigenvalue weighted by molar-refractivity contribution is 6.31. The monoisotopic (exact) mass is 216 g/mol. The zero-order valence-electron chi connectivity index (χ0n) is 7.00. The summed E-state index contributed by atoms with van der Waals surface area (Å²) < 4.78 is 0. The minimum absolute atomic E-state index is 0.341. The van der Waals surface area contributed by atoms with E-state index in [9.17, 15) is 0 Å². The molecular formula is C9H10Cl2N2. The average Bonchev–Trinajstić information content (AvgIpc) is 2.12. The summed E-state index contributed by atoms with van der Waals surface area (Å²) in [5.41, 5.74) is 6.80. The smallest absolute Gasteiger partial charge is 0.152 e. The van der Waals surface area contributed by atoms with Crippen molar-refractivity contribution in [3.05, 3.63) is 29.1 Å². The number of nitrogens with two attached hydrogens (primary N) is 1. The molecular weight excluding hydrogens is 207 g/mol. The first-order chi connectivity index (χ1) is 6.24. The second-order valence-electron chi connectivity index (χ2n) is 2.50. The molecule has 0 spiro atoms. The van der Waals surface area contributed by atoms with Gasteiger partial charge in [0.05, 0.1) is 11.4 Å². The van der Waals surface area contributed by atoms with E-state index in [2.05, 4.69) is 4.98 Å². The lowest BCUT2D eigenvalue weighted by atomic mass is 10.3. The number of allylic oxidation sites excluding steroid dienone is 1. The number of hydrogen-bond donors (Lipinski definition) is 1. The third-order valence-corrected chi connectivity index (χ3v) is 1.98. The molecule has 0 unspecified atom stereocenters. The molecule has 13 heavy (non-hydrogen) atoms. The van der Waals surface area contributed by atoms with E-state index in [1.165, 1.54) is 0 Å². The van der Waals surface area contributed by atoms with Gasteiger partial charge in [-0.05, 0) is 24.6 Å². The average molecular weight is 217 g/mol. The first-order valence-electron chi connectivity index (χ1n) is 3.88. The van der Waals surface area contributed by atoms with Crippen LogP contribution < -0.4 is 5.73 Å². The Hall–Kier alpha value is -0.730. The number of aromatic nitrogens is 1. The number of hydrogen-bond acceptors (Lipinski definition) is 2. The second-order valence-corrected chi connectivity index (χ2v) is 3.23. The molecule has 1 aromatic heterocycles. The van der Waals surface area contributed by atoms with E-state index in [-0.39, 0.29) is 0 Å². The van der Waals surface area contributed by atoms with Gasteiger partial charge in [-0.25, -0.2) is 4.98 Å². The topological polar surface area (TPSA) is 38.9 Å². The van der Waals surface area contributed by atoms with Crippen LogP contribution in [0.5, 0.6) is 0 Å². The van der Waals surface area contributed by atoms with Gasteiger partial charge in [-0.1, -0.05) is 17.7 Å². The number of nitrogens with zero attached hydrogens (tertiary/aromatic N) is 1. The van der Waals surface area contributed by atoms with Crippen LogP contribution in [-0.2, 0) is 0 Å². The van der Waals surface area contributed by atoms with Crippen molar-refractivity contribution >= 4 is 35.0 Å². The van der Waals surface area contributed by atoms with Crippen molar-refractivity contribution in [2.24, 2.45) is 0 Å². The van der Waals surface area contributed by atoms with Gasteiger partial charge in [0, 0.05) is 5.88 Å². The van der Waals surface area contributed by atoms with E-state index in [1.807, 2.05) is 18.2 Å². The van der Waals surface area contributed by atoms with Gasteiger partial charge in [0.25, 0.3) is 0 Å². The molecule has 1 rings (SSSR count). The molecule has 0 radical (unpaired) electrons. The fraction of sp³-hybridized carbons (Fsp3) is 0.222. The van der Waals surface area contributed by atoms with E-state index in [0.717, 1.165) is 12.1 Å². The van der Waals surface area contributed by atoms with Crippen LogP contribution in [0, 0.1) is 0 Å². The lowest BCUT2D eigenvalue weighted by Gasteiger charge is -1.97. The Kier molecular flexibility index (Phi) is 4.06. The molecule has 2 N–H and O–H groups in total. The Morgan fingerprint density at radius 3 is 2.85 bits per heavy atom. The summed E-state index contributed by atoms with van der Waals surface area (Å²) in [5, 5.41) is 0.341. The summed E-state index contributed by atoms with van der Waals surface area (Å²) in [6.07, 6.45) is 4.64. The highest BCUT2D eigenvalue weighted by Gasteiger charge is 1.96. The van der Waals surface area contributed by atoms with Crippen LogP contribution in [0.3, 0.4) is 0 Å². The Labute approximate surface area is 87.4 Å². The molecule has 0 bridgehead atoms. The fourth-order valence-electron chi connectivity index (χ4n) is 0.819. The van der Waals surface area contributed by atoms with Gasteiger partial charge in [0.1, 0.15) is 0 Å². The van der Waals surface area contributed by atoms with Crippen molar-refractivity contribution in [2.75, 3.05) is 11.6 Å². The molecule has 1 heterocycles.